The fraction of sp³-hybridized carbons (Fsp3) is 0.208. The number of rotatable bonds is 8. The number of methoxy groups -OCH3 is 1. The highest BCUT2D eigenvalue weighted by molar-refractivity contribution is 5.83. The molecule has 3 aromatic rings. The van der Waals surface area contributed by atoms with Crippen LogP contribution in [0.2, 0.25) is 0 Å². The van der Waals surface area contributed by atoms with Gasteiger partial charge < -0.3 is 19.1 Å². The van der Waals surface area contributed by atoms with E-state index in [0.29, 0.717) is 5.75 Å². The Labute approximate surface area is 200 Å². The number of hydrogen-bond acceptors (Lipinski definition) is 9. The van der Waals surface area contributed by atoms with Gasteiger partial charge in [0.1, 0.15) is 0 Å². The van der Waals surface area contributed by atoms with Gasteiger partial charge in [-0.2, -0.15) is 0 Å². The molecule has 1 fully saturated rings. The summed E-state index contributed by atoms with van der Waals surface area (Å²) < 4.78 is 16.4. The van der Waals surface area contributed by atoms with Crippen LogP contribution < -0.4 is 14.4 Å². The first kappa shape index (κ1) is 23.6. The maximum Gasteiger partial charge on any atom is 0.318 e. The van der Waals surface area contributed by atoms with Gasteiger partial charge in [-0.15, -0.1) is 0 Å². The number of nitro groups is 2. The summed E-state index contributed by atoms with van der Waals surface area (Å²) in [5.74, 6) is 0.404. The number of aliphatic imine (C=N–C) groups is 1. The second kappa shape index (κ2) is 10.6. The molecule has 0 spiro atoms. The van der Waals surface area contributed by atoms with Gasteiger partial charge in [-0.3, -0.25) is 25.2 Å². The Morgan fingerprint density at radius 3 is 2.29 bits per heavy atom. The maximum atomic E-state index is 11.4. The zero-order chi connectivity index (χ0) is 24.8. The van der Waals surface area contributed by atoms with Gasteiger partial charge in [0, 0.05) is 31.1 Å². The van der Waals surface area contributed by atoms with Crippen molar-refractivity contribution >= 4 is 29.0 Å². The molecule has 1 heterocycles. The number of morpholine rings is 1. The molecule has 0 N–H and O–H groups in total. The summed E-state index contributed by atoms with van der Waals surface area (Å²) in [6, 6.07) is 16.1. The minimum absolute atomic E-state index is 0.138. The Balaban J connectivity index is 1.50. The molecular weight excluding hydrogens is 456 g/mol. The van der Waals surface area contributed by atoms with E-state index in [1.807, 2.05) is 24.3 Å². The van der Waals surface area contributed by atoms with Crippen molar-refractivity contribution < 1.29 is 24.1 Å². The first-order valence-electron chi connectivity index (χ1n) is 10.7. The Morgan fingerprint density at radius 1 is 0.914 bits per heavy atom. The van der Waals surface area contributed by atoms with Gasteiger partial charge in [-0.1, -0.05) is 0 Å². The number of non-ortho nitro benzene ring substituents is 1. The van der Waals surface area contributed by atoms with Gasteiger partial charge in [-0.05, 0) is 54.1 Å². The van der Waals surface area contributed by atoms with Gasteiger partial charge in [-0.25, -0.2) is 0 Å². The molecule has 3 aromatic carbocycles. The molecule has 0 unspecified atom stereocenters. The van der Waals surface area contributed by atoms with Gasteiger partial charge in [0.2, 0.25) is 5.75 Å². The monoisotopic (exact) mass is 478 g/mol. The van der Waals surface area contributed by atoms with E-state index in [9.17, 15) is 20.2 Å². The third-order valence-electron chi connectivity index (χ3n) is 5.35. The number of ether oxygens (including phenoxy) is 3. The third-order valence-corrected chi connectivity index (χ3v) is 5.35. The summed E-state index contributed by atoms with van der Waals surface area (Å²) in [6.07, 6.45) is 1.67. The fourth-order valence-electron chi connectivity index (χ4n) is 3.54. The van der Waals surface area contributed by atoms with Crippen LogP contribution >= 0.6 is 0 Å². The van der Waals surface area contributed by atoms with Crippen LogP contribution in [0.3, 0.4) is 0 Å². The second-order valence-corrected chi connectivity index (χ2v) is 7.55. The highest BCUT2D eigenvalue weighted by Gasteiger charge is 2.22. The largest absolute Gasteiger partial charge is 0.493 e. The van der Waals surface area contributed by atoms with E-state index in [1.54, 1.807) is 24.4 Å². The fourth-order valence-corrected chi connectivity index (χ4v) is 3.54. The topological polar surface area (TPSA) is 130 Å². The van der Waals surface area contributed by atoms with E-state index < -0.39 is 21.2 Å². The van der Waals surface area contributed by atoms with E-state index >= 15 is 0 Å². The van der Waals surface area contributed by atoms with Gasteiger partial charge in [0.25, 0.3) is 5.69 Å². The molecule has 0 bridgehead atoms. The van der Waals surface area contributed by atoms with E-state index in [-0.39, 0.29) is 11.5 Å². The Bertz CT molecular complexity index is 1260. The first-order chi connectivity index (χ1) is 16.9. The summed E-state index contributed by atoms with van der Waals surface area (Å²) in [7, 11) is 1.44. The number of benzene rings is 3. The number of nitrogens with zero attached hydrogens (tertiary/aromatic N) is 4. The summed E-state index contributed by atoms with van der Waals surface area (Å²) in [6.45, 7) is 3.16. The zero-order valence-electron chi connectivity index (χ0n) is 18.8. The lowest BCUT2D eigenvalue weighted by Crippen LogP contribution is -2.36. The van der Waals surface area contributed by atoms with Gasteiger partial charge in [0.15, 0.2) is 11.5 Å². The van der Waals surface area contributed by atoms with E-state index in [1.165, 1.54) is 13.2 Å². The average molecular weight is 478 g/mol. The molecule has 0 aromatic heterocycles. The zero-order valence-corrected chi connectivity index (χ0v) is 18.8. The second-order valence-electron chi connectivity index (χ2n) is 7.55. The summed E-state index contributed by atoms with van der Waals surface area (Å²) in [5.41, 5.74) is 1.70. The Morgan fingerprint density at radius 2 is 1.63 bits per heavy atom. The maximum absolute atomic E-state index is 11.4. The van der Waals surface area contributed by atoms with Crippen molar-refractivity contribution in [3.63, 3.8) is 0 Å². The minimum Gasteiger partial charge on any atom is -0.493 e. The number of hydrogen-bond donors (Lipinski definition) is 0. The molecule has 4 rings (SSSR count). The lowest BCUT2D eigenvalue weighted by Gasteiger charge is -2.28. The van der Waals surface area contributed by atoms with Crippen LogP contribution in [0.5, 0.6) is 17.2 Å². The first-order valence-corrected chi connectivity index (χ1v) is 10.7. The number of nitro benzene ring substituents is 2. The van der Waals surface area contributed by atoms with Crippen molar-refractivity contribution in [1.82, 2.24) is 0 Å². The molecule has 11 heteroatoms. The molecule has 11 nitrogen and oxygen atoms in total. The van der Waals surface area contributed by atoms with Crippen molar-refractivity contribution in [3.05, 3.63) is 86.5 Å². The molecule has 180 valence electrons. The summed E-state index contributed by atoms with van der Waals surface area (Å²) in [5, 5.41) is 22.3. The molecule has 0 radical (unpaired) electrons. The lowest BCUT2D eigenvalue weighted by atomic mass is 10.2. The molecule has 0 atom stereocenters. The van der Waals surface area contributed by atoms with Crippen molar-refractivity contribution in [3.8, 4) is 17.2 Å². The molecule has 1 aliphatic rings. The van der Waals surface area contributed by atoms with Crippen molar-refractivity contribution in [2.45, 2.75) is 0 Å². The van der Waals surface area contributed by atoms with E-state index in [2.05, 4.69) is 9.89 Å². The normalized spacial score (nSPS) is 13.6. The standard InChI is InChI=1S/C24H22N4O7/c1-33-24-14-17(16-25-18-3-5-19(6-4-18)26-10-12-34-13-11-26)2-8-23(24)35-22-9-7-20(27(29)30)15-21(22)28(31)32/h2-9,14-16H,10-13H2,1H3. The predicted molar refractivity (Wildman–Crippen MR) is 130 cm³/mol. The van der Waals surface area contributed by atoms with Gasteiger partial charge >= 0.3 is 5.69 Å². The molecule has 1 saturated heterocycles. The van der Waals surface area contributed by atoms with Crippen LogP contribution in [0.1, 0.15) is 5.56 Å². The molecule has 0 amide bonds. The van der Waals surface area contributed by atoms with Crippen molar-refractivity contribution in [1.29, 1.82) is 0 Å². The smallest absolute Gasteiger partial charge is 0.318 e. The number of anilines is 1. The quantitative estimate of drug-likeness (QED) is 0.254. The molecule has 0 saturated carbocycles. The van der Waals surface area contributed by atoms with Crippen LogP contribution in [0.15, 0.2) is 65.7 Å². The molecule has 35 heavy (non-hydrogen) atoms. The van der Waals surface area contributed by atoms with Crippen LogP contribution in [0.25, 0.3) is 0 Å². The van der Waals surface area contributed by atoms with Crippen LogP contribution in [0, 0.1) is 20.2 Å². The minimum atomic E-state index is -0.736. The Hall–Kier alpha value is -4.51. The van der Waals surface area contributed by atoms with E-state index in [4.69, 9.17) is 14.2 Å². The lowest BCUT2D eigenvalue weighted by molar-refractivity contribution is -0.394. The van der Waals surface area contributed by atoms with Crippen LogP contribution in [-0.4, -0.2) is 49.5 Å². The molecule has 1 aliphatic heterocycles. The molecular formula is C24H22N4O7. The van der Waals surface area contributed by atoms with Crippen molar-refractivity contribution in [2.24, 2.45) is 4.99 Å². The summed E-state index contributed by atoms with van der Waals surface area (Å²) >= 11 is 0. The highest BCUT2D eigenvalue weighted by atomic mass is 16.6. The SMILES string of the molecule is COc1cc(C=Nc2ccc(N3CCOCC3)cc2)ccc1Oc1ccc([N+](=O)[O-])cc1[N+](=O)[O-]. The highest BCUT2D eigenvalue weighted by Crippen LogP contribution is 2.38. The van der Waals surface area contributed by atoms with Gasteiger partial charge in [0.05, 0.1) is 41.9 Å². The Kier molecular flexibility index (Phi) is 7.17. The van der Waals surface area contributed by atoms with Crippen LogP contribution in [0.4, 0.5) is 22.7 Å². The summed E-state index contributed by atoms with van der Waals surface area (Å²) in [4.78, 5) is 27.6. The van der Waals surface area contributed by atoms with Crippen molar-refractivity contribution in [2.75, 3.05) is 38.3 Å². The van der Waals surface area contributed by atoms with E-state index in [0.717, 1.165) is 55.4 Å². The molecule has 0 aliphatic carbocycles. The third kappa shape index (κ3) is 5.71. The van der Waals surface area contributed by atoms with Crippen LogP contribution in [-0.2, 0) is 4.74 Å². The predicted octanol–water partition coefficient (Wildman–Crippen LogP) is 4.89. The average Bonchev–Trinajstić information content (AvgIpc) is 2.88.